The van der Waals surface area contributed by atoms with E-state index in [2.05, 4.69) is 13.8 Å². The quantitative estimate of drug-likeness (QED) is 0.897. The smallest absolute Gasteiger partial charge is 0.223 e. The lowest BCUT2D eigenvalue weighted by molar-refractivity contribution is -0.128. The molecule has 0 saturated carbocycles. The summed E-state index contributed by atoms with van der Waals surface area (Å²) in [4.78, 5) is 13.9. The molecule has 0 spiro atoms. The van der Waals surface area contributed by atoms with E-state index in [-0.39, 0.29) is 17.9 Å². The second-order valence-corrected chi connectivity index (χ2v) is 5.96. The molecule has 20 heavy (non-hydrogen) atoms. The average molecular weight is 276 g/mol. The summed E-state index contributed by atoms with van der Waals surface area (Å²) < 4.78 is 5.15. The predicted molar refractivity (Wildman–Crippen MR) is 79.4 cm³/mol. The molecular weight excluding hydrogens is 252 g/mol. The number of amides is 1. The highest BCUT2D eigenvalue weighted by Gasteiger charge is 2.33. The van der Waals surface area contributed by atoms with E-state index in [4.69, 9.17) is 10.5 Å². The van der Waals surface area contributed by atoms with Gasteiger partial charge in [0.1, 0.15) is 5.75 Å². The molecule has 1 fully saturated rings. The molecule has 4 nitrogen and oxygen atoms in total. The lowest BCUT2D eigenvalue weighted by atomic mass is 9.93. The minimum atomic E-state index is -0.0954. The SMILES string of the molecule is COc1ccc(C(N)C2CC(=O)N(CC(C)C)C2)cc1. The zero-order valence-corrected chi connectivity index (χ0v) is 12.5. The maximum Gasteiger partial charge on any atom is 0.223 e. The molecule has 1 amide bonds. The van der Waals surface area contributed by atoms with Crippen molar-refractivity contribution in [1.82, 2.24) is 4.90 Å². The van der Waals surface area contributed by atoms with Crippen LogP contribution in [0.5, 0.6) is 5.75 Å². The Hall–Kier alpha value is -1.55. The van der Waals surface area contributed by atoms with Crippen molar-refractivity contribution in [3.05, 3.63) is 29.8 Å². The average Bonchev–Trinajstić information content (AvgIpc) is 2.79. The Labute approximate surface area is 120 Å². The van der Waals surface area contributed by atoms with Gasteiger partial charge in [0.15, 0.2) is 0 Å². The van der Waals surface area contributed by atoms with Gasteiger partial charge in [0.25, 0.3) is 0 Å². The van der Waals surface area contributed by atoms with E-state index < -0.39 is 0 Å². The molecule has 1 aliphatic rings. The van der Waals surface area contributed by atoms with E-state index in [1.54, 1.807) is 7.11 Å². The number of methoxy groups -OCH3 is 1. The third-order valence-electron chi connectivity index (χ3n) is 3.84. The first kappa shape index (κ1) is 14.9. The van der Waals surface area contributed by atoms with Crippen molar-refractivity contribution in [3.8, 4) is 5.75 Å². The molecule has 1 aliphatic heterocycles. The topological polar surface area (TPSA) is 55.6 Å². The molecule has 2 rings (SSSR count). The van der Waals surface area contributed by atoms with Crippen LogP contribution in [0.1, 0.15) is 31.9 Å². The van der Waals surface area contributed by atoms with Crippen LogP contribution in [-0.2, 0) is 4.79 Å². The Morgan fingerprint density at radius 3 is 2.55 bits per heavy atom. The van der Waals surface area contributed by atoms with Gasteiger partial charge in [-0.05, 0) is 23.6 Å². The number of carbonyl (C=O) groups is 1. The highest BCUT2D eigenvalue weighted by atomic mass is 16.5. The molecule has 0 radical (unpaired) electrons. The zero-order valence-electron chi connectivity index (χ0n) is 12.5. The van der Waals surface area contributed by atoms with Gasteiger partial charge in [0.05, 0.1) is 7.11 Å². The third-order valence-corrected chi connectivity index (χ3v) is 3.84. The van der Waals surface area contributed by atoms with Gasteiger partial charge >= 0.3 is 0 Å². The molecule has 1 aromatic rings. The first-order valence-electron chi connectivity index (χ1n) is 7.18. The van der Waals surface area contributed by atoms with Crippen molar-refractivity contribution in [2.24, 2.45) is 17.6 Å². The Bertz CT molecular complexity index is 456. The molecule has 2 unspecified atom stereocenters. The number of hydrogen-bond acceptors (Lipinski definition) is 3. The van der Waals surface area contributed by atoms with Crippen molar-refractivity contribution < 1.29 is 9.53 Å². The van der Waals surface area contributed by atoms with E-state index in [0.717, 1.165) is 24.4 Å². The van der Waals surface area contributed by atoms with Crippen LogP contribution in [0.25, 0.3) is 0 Å². The summed E-state index contributed by atoms with van der Waals surface area (Å²) >= 11 is 0. The minimum Gasteiger partial charge on any atom is -0.497 e. The maximum absolute atomic E-state index is 12.0. The van der Waals surface area contributed by atoms with Crippen LogP contribution in [-0.4, -0.2) is 31.0 Å². The molecule has 110 valence electrons. The van der Waals surface area contributed by atoms with Gasteiger partial charge in [0, 0.05) is 31.5 Å². The summed E-state index contributed by atoms with van der Waals surface area (Å²) in [5.74, 6) is 1.75. The summed E-state index contributed by atoms with van der Waals surface area (Å²) in [6.07, 6.45) is 0.555. The second-order valence-electron chi connectivity index (χ2n) is 5.96. The van der Waals surface area contributed by atoms with Gasteiger partial charge in [-0.2, -0.15) is 0 Å². The van der Waals surface area contributed by atoms with Crippen LogP contribution < -0.4 is 10.5 Å². The predicted octanol–water partition coefficient (Wildman–Crippen LogP) is 2.20. The third kappa shape index (κ3) is 3.31. The van der Waals surface area contributed by atoms with Crippen molar-refractivity contribution in [1.29, 1.82) is 0 Å². The second kappa shape index (κ2) is 6.27. The minimum absolute atomic E-state index is 0.0954. The lowest BCUT2D eigenvalue weighted by Gasteiger charge is -2.22. The summed E-state index contributed by atoms with van der Waals surface area (Å²) in [6, 6.07) is 7.70. The number of ether oxygens (including phenoxy) is 1. The standard InChI is InChI=1S/C16H24N2O2/c1-11(2)9-18-10-13(8-15(18)19)16(17)12-4-6-14(20-3)7-5-12/h4-7,11,13,16H,8-10,17H2,1-3H3. The lowest BCUT2D eigenvalue weighted by Crippen LogP contribution is -2.30. The largest absolute Gasteiger partial charge is 0.497 e. The van der Waals surface area contributed by atoms with Gasteiger partial charge in [0.2, 0.25) is 5.91 Å². The van der Waals surface area contributed by atoms with Crippen LogP contribution in [0.2, 0.25) is 0 Å². The molecule has 1 aromatic carbocycles. The van der Waals surface area contributed by atoms with Crippen LogP contribution in [0.3, 0.4) is 0 Å². The summed E-state index contributed by atoms with van der Waals surface area (Å²) in [6.45, 7) is 5.85. The highest BCUT2D eigenvalue weighted by molar-refractivity contribution is 5.78. The normalized spacial score (nSPS) is 20.6. The number of carbonyl (C=O) groups excluding carboxylic acids is 1. The summed E-state index contributed by atoms with van der Waals surface area (Å²) in [5, 5.41) is 0. The number of nitrogens with zero attached hydrogens (tertiary/aromatic N) is 1. The number of rotatable bonds is 5. The van der Waals surface area contributed by atoms with Gasteiger partial charge in [-0.15, -0.1) is 0 Å². The van der Waals surface area contributed by atoms with E-state index >= 15 is 0 Å². The van der Waals surface area contributed by atoms with E-state index in [0.29, 0.717) is 12.3 Å². The van der Waals surface area contributed by atoms with E-state index in [1.807, 2.05) is 29.2 Å². The fourth-order valence-electron chi connectivity index (χ4n) is 2.76. The van der Waals surface area contributed by atoms with Gasteiger partial charge < -0.3 is 15.4 Å². The van der Waals surface area contributed by atoms with E-state index in [9.17, 15) is 4.79 Å². The van der Waals surface area contributed by atoms with Gasteiger partial charge in [-0.25, -0.2) is 0 Å². The number of likely N-dealkylation sites (tertiary alicyclic amines) is 1. The summed E-state index contributed by atoms with van der Waals surface area (Å²) in [7, 11) is 1.65. The fraction of sp³-hybridized carbons (Fsp3) is 0.562. The zero-order chi connectivity index (χ0) is 14.7. The molecular formula is C16H24N2O2. The molecule has 1 saturated heterocycles. The van der Waals surface area contributed by atoms with Gasteiger partial charge in [-0.1, -0.05) is 26.0 Å². The monoisotopic (exact) mass is 276 g/mol. The molecule has 1 heterocycles. The molecule has 0 aromatic heterocycles. The van der Waals surface area contributed by atoms with E-state index in [1.165, 1.54) is 0 Å². The van der Waals surface area contributed by atoms with Gasteiger partial charge in [-0.3, -0.25) is 4.79 Å². The first-order chi connectivity index (χ1) is 9.51. The molecule has 0 bridgehead atoms. The van der Waals surface area contributed by atoms with Crippen LogP contribution >= 0.6 is 0 Å². The Kier molecular flexibility index (Phi) is 4.65. The molecule has 2 atom stereocenters. The number of hydrogen-bond donors (Lipinski definition) is 1. The molecule has 2 N–H and O–H groups in total. The maximum atomic E-state index is 12.0. The Morgan fingerprint density at radius 1 is 1.35 bits per heavy atom. The molecule has 0 aliphatic carbocycles. The van der Waals surface area contributed by atoms with Crippen molar-refractivity contribution >= 4 is 5.91 Å². The molecule has 4 heteroatoms. The van der Waals surface area contributed by atoms with Crippen molar-refractivity contribution in [3.63, 3.8) is 0 Å². The van der Waals surface area contributed by atoms with Crippen LogP contribution in [0, 0.1) is 11.8 Å². The Balaban J connectivity index is 2.02. The number of benzene rings is 1. The van der Waals surface area contributed by atoms with Crippen molar-refractivity contribution in [2.75, 3.05) is 20.2 Å². The van der Waals surface area contributed by atoms with Crippen LogP contribution in [0.4, 0.5) is 0 Å². The van der Waals surface area contributed by atoms with Crippen molar-refractivity contribution in [2.45, 2.75) is 26.3 Å². The fourth-order valence-corrected chi connectivity index (χ4v) is 2.76. The summed E-state index contributed by atoms with van der Waals surface area (Å²) in [5.41, 5.74) is 7.39. The number of nitrogens with two attached hydrogens (primary N) is 1. The van der Waals surface area contributed by atoms with Crippen LogP contribution in [0.15, 0.2) is 24.3 Å². The highest BCUT2D eigenvalue weighted by Crippen LogP contribution is 2.30. The Morgan fingerprint density at radius 2 is 2.00 bits per heavy atom. The first-order valence-corrected chi connectivity index (χ1v) is 7.18.